The SMILES string of the molecule is CCOc1cc(CNCC2CCNCC2)c(Cl)cc1OCc1ccccc1C. The van der Waals surface area contributed by atoms with Crippen molar-refractivity contribution in [2.24, 2.45) is 5.92 Å². The van der Waals surface area contributed by atoms with E-state index in [4.69, 9.17) is 21.1 Å². The van der Waals surface area contributed by atoms with Gasteiger partial charge in [0.25, 0.3) is 0 Å². The minimum absolute atomic E-state index is 0.496. The third-order valence-electron chi connectivity index (χ3n) is 5.26. The van der Waals surface area contributed by atoms with E-state index in [1.54, 1.807) is 0 Å². The quantitative estimate of drug-likeness (QED) is 0.637. The number of aryl methyl sites for hydroxylation is 1. The molecule has 5 heteroatoms. The van der Waals surface area contributed by atoms with E-state index in [2.05, 4.69) is 29.7 Å². The van der Waals surface area contributed by atoms with Gasteiger partial charge in [0.05, 0.1) is 6.61 Å². The maximum atomic E-state index is 6.55. The van der Waals surface area contributed by atoms with Gasteiger partial charge in [-0.2, -0.15) is 0 Å². The summed E-state index contributed by atoms with van der Waals surface area (Å²) in [6, 6.07) is 12.1. The molecule has 1 fully saturated rings. The van der Waals surface area contributed by atoms with Gasteiger partial charge in [0.2, 0.25) is 0 Å². The van der Waals surface area contributed by atoms with E-state index < -0.39 is 0 Å². The molecule has 1 heterocycles. The Labute approximate surface area is 173 Å². The Morgan fingerprint density at radius 1 is 1.07 bits per heavy atom. The van der Waals surface area contributed by atoms with Crippen molar-refractivity contribution in [1.29, 1.82) is 0 Å². The summed E-state index contributed by atoms with van der Waals surface area (Å²) >= 11 is 6.55. The molecule has 0 aliphatic carbocycles. The van der Waals surface area contributed by atoms with E-state index in [-0.39, 0.29) is 0 Å². The van der Waals surface area contributed by atoms with Crippen molar-refractivity contribution in [1.82, 2.24) is 10.6 Å². The lowest BCUT2D eigenvalue weighted by Gasteiger charge is -2.23. The fourth-order valence-electron chi connectivity index (χ4n) is 3.52. The second kappa shape index (κ2) is 10.7. The summed E-state index contributed by atoms with van der Waals surface area (Å²) < 4.78 is 11.9. The molecule has 0 amide bonds. The summed E-state index contributed by atoms with van der Waals surface area (Å²) in [5.41, 5.74) is 3.42. The van der Waals surface area contributed by atoms with Gasteiger partial charge in [0.15, 0.2) is 11.5 Å². The summed E-state index contributed by atoms with van der Waals surface area (Å²) in [5, 5.41) is 7.67. The van der Waals surface area contributed by atoms with Gasteiger partial charge in [-0.1, -0.05) is 35.9 Å². The Bertz CT molecular complexity index is 760. The largest absolute Gasteiger partial charge is 0.490 e. The fourth-order valence-corrected chi connectivity index (χ4v) is 3.74. The van der Waals surface area contributed by atoms with E-state index in [0.717, 1.165) is 49.0 Å². The average Bonchev–Trinajstić information content (AvgIpc) is 2.71. The molecule has 2 aromatic carbocycles. The number of rotatable bonds is 9. The monoisotopic (exact) mass is 402 g/mol. The summed E-state index contributed by atoms with van der Waals surface area (Å²) in [4.78, 5) is 0. The fraction of sp³-hybridized carbons (Fsp3) is 0.478. The first-order valence-electron chi connectivity index (χ1n) is 10.2. The molecule has 3 rings (SSSR count). The summed E-state index contributed by atoms with van der Waals surface area (Å²) in [6.45, 7) is 9.15. The van der Waals surface area contributed by atoms with E-state index in [0.29, 0.717) is 24.0 Å². The molecule has 0 spiro atoms. The van der Waals surface area contributed by atoms with Gasteiger partial charge in [-0.15, -0.1) is 0 Å². The van der Waals surface area contributed by atoms with Crippen LogP contribution in [0.25, 0.3) is 0 Å². The standard InChI is InChI=1S/C23H31ClN2O2/c1-3-27-22-12-20(15-26-14-18-8-10-25-11-9-18)21(24)13-23(22)28-16-19-7-5-4-6-17(19)2/h4-7,12-13,18,25-26H,3,8-11,14-16H2,1-2H3. The van der Waals surface area contributed by atoms with Gasteiger partial charge in [-0.05, 0) is 75.0 Å². The Kier molecular flexibility index (Phi) is 8.01. The van der Waals surface area contributed by atoms with E-state index in [1.165, 1.54) is 18.4 Å². The Morgan fingerprint density at radius 2 is 1.82 bits per heavy atom. The van der Waals surface area contributed by atoms with Crippen LogP contribution in [0, 0.1) is 12.8 Å². The molecular formula is C23H31ClN2O2. The van der Waals surface area contributed by atoms with Crippen LogP contribution >= 0.6 is 11.6 Å². The van der Waals surface area contributed by atoms with Crippen LogP contribution in [0.1, 0.15) is 36.5 Å². The molecule has 28 heavy (non-hydrogen) atoms. The van der Waals surface area contributed by atoms with Crippen molar-refractivity contribution in [2.75, 3.05) is 26.2 Å². The van der Waals surface area contributed by atoms with Crippen molar-refractivity contribution in [2.45, 2.75) is 39.8 Å². The Balaban J connectivity index is 1.64. The van der Waals surface area contributed by atoms with Crippen molar-refractivity contribution in [3.05, 3.63) is 58.1 Å². The predicted molar refractivity (Wildman–Crippen MR) is 115 cm³/mol. The molecule has 0 bridgehead atoms. The number of hydrogen-bond donors (Lipinski definition) is 2. The molecule has 2 aromatic rings. The average molecular weight is 403 g/mol. The lowest BCUT2D eigenvalue weighted by molar-refractivity contribution is 0.268. The lowest BCUT2D eigenvalue weighted by atomic mass is 9.98. The minimum Gasteiger partial charge on any atom is -0.490 e. The Morgan fingerprint density at radius 3 is 2.57 bits per heavy atom. The minimum atomic E-state index is 0.496. The highest BCUT2D eigenvalue weighted by Crippen LogP contribution is 2.34. The van der Waals surface area contributed by atoms with E-state index in [9.17, 15) is 0 Å². The van der Waals surface area contributed by atoms with Crippen LogP contribution < -0.4 is 20.1 Å². The van der Waals surface area contributed by atoms with E-state index in [1.807, 2.05) is 31.2 Å². The number of piperidine rings is 1. The van der Waals surface area contributed by atoms with Crippen LogP contribution in [0.5, 0.6) is 11.5 Å². The first-order valence-corrected chi connectivity index (χ1v) is 10.6. The molecule has 0 saturated carbocycles. The molecule has 2 N–H and O–H groups in total. The zero-order chi connectivity index (χ0) is 19.8. The molecule has 0 radical (unpaired) electrons. The molecular weight excluding hydrogens is 372 g/mol. The first kappa shape index (κ1) is 21.0. The number of ether oxygens (including phenoxy) is 2. The highest BCUT2D eigenvalue weighted by molar-refractivity contribution is 6.31. The van der Waals surface area contributed by atoms with Gasteiger partial charge in [-0.25, -0.2) is 0 Å². The van der Waals surface area contributed by atoms with Crippen molar-refractivity contribution in [3.63, 3.8) is 0 Å². The third-order valence-corrected chi connectivity index (χ3v) is 5.62. The van der Waals surface area contributed by atoms with E-state index >= 15 is 0 Å². The molecule has 1 aliphatic heterocycles. The van der Waals surface area contributed by atoms with Gasteiger partial charge < -0.3 is 20.1 Å². The number of nitrogens with one attached hydrogen (secondary N) is 2. The van der Waals surface area contributed by atoms with Crippen molar-refractivity contribution >= 4 is 11.6 Å². The molecule has 1 saturated heterocycles. The molecule has 1 aliphatic rings. The maximum absolute atomic E-state index is 6.55. The number of hydrogen-bond acceptors (Lipinski definition) is 4. The van der Waals surface area contributed by atoms with Crippen molar-refractivity contribution < 1.29 is 9.47 Å². The Hall–Kier alpha value is -1.75. The third kappa shape index (κ3) is 5.87. The number of benzene rings is 2. The van der Waals surface area contributed by atoms with Crippen LogP contribution in [0.4, 0.5) is 0 Å². The highest BCUT2D eigenvalue weighted by atomic mass is 35.5. The topological polar surface area (TPSA) is 42.5 Å². The zero-order valence-corrected chi connectivity index (χ0v) is 17.6. The van der Waals surface area contributed by atoms with Crippen LogP contribution in [-0.2, 0) is 13.2 Å². The summed E-state index contributed by atoms with van der Waals surface area (Å²) in [6.07, 6.45) is 2.47. The van der Waals surface area contributed by atoms with Crippen LogP contribution in [0.15, 0.2) is 36.4 Å². The van der Waals surface area contributed by atoms with Crippen LogP contribution in [0.2, 0.25) is 5.02 Å². The van der Waals surface area contributed by atoms with Gasteiger partial charge in [-0.3, -0.25) is 0 Å². The molecule has 0 atom stereocenters. The van der Waals surface area contributed by atoms with Crippen LogP contribution in [-0.4, -0.2) is 26.2 Å². The van der Waals surface area contributed by atoms with Gasteiger partial charge in [0.1, 0.15) is 6.61 Å². The van der Waals surface area contributed by atoms with Crippen molar-refractivity contribution in [3.8, 4) is 11.5 Å². The lowest BCUT2D eigenvalue weighted by Crippen LogP contribution is -2.33. The van der Waals surface area contributed by atoms with Gasteiger partial charge in [0, 0.05) is 17.6 Å². The molecule has 0 unspecified atom stereocenters. The second-order valence-corrected chi connectivity index (χ2v) is 7.77. The molecule has 4 nitrogen and oxygen atoms in total. The highest BCUT2D eigenvalue weighted by Gasteiger charge is 2.14. The van der Waals surface area contributed by atoms with Crippen LogP contribution in [0.3, 0.4) is 0 Å². The first-order chi connectivity index (χ1) is 13.7. The summed E-state index contributed by atoms with van der Waals surface area (Å²) in [7, 11) is 0. The summed E-state index contributed by atoms with van der Waals surface area (Å²) in [5.74, 6) is 2.18. The molecule has 0 aromatic heterocycles. The number of halogens is 1. The normalized spacial score (nSPS) is 14.8. The maximum Gasteiger partial charge on any atom is 0.163 e. The van der Waals surface area contributed by atoms with Gasteiger partial charge >= 0.3 is 0 Å². The second-order valence-electron chi connectivity index (χ2n) is 7.36. The smallest absolute Gasteiger partial charge is 0.163 e. The predicted octanol–water partition coefficient (Wildman–Crippen LogP) is 4.72. The zero-order valence-electron chi connectivity index (χ0n) is 16.9. The molecule has 152 valence electrons.